The number of aromatic nitrogens is 1. The monoisotopic (exact) mass is 428 g/mol. The molecule has 0 bridgehead atoms. The van der Waals surface area contributed by atoms with Crippen LogP contribution in [0.3, 0.4) is 0 Å². The lowest BCUT2D eigenvalue weighted by molar-refractivity contribution is -0.122. The lowest BCUT2D eigenvalue weighted by Crippen LogP contribution is -2.44. The first kappa shape index (κ1) is 22.9. The van der Waals surface area contributed by atoms with Crippen molar-refractivity contribution in [3.8, 4) is 0 Å². The standard InChI is InChI=1S/C24H29FN2O4/c1-24(2,3)31-23(29)27-15-20(30-4)13-21(27)22(28)12-19-9-8-17(14-26-19)10-16-6-5-7-18(25)11-16/h5-9,11,14,20-21H,10,12-13,15H2,1-4H3/t20-,21-/m0/s1. The van der Waals surface area contributed by atoms with Gasteiger partial charge in [0, 0.05) is 25.4 Å². The second-order valence-corrected chi connectivity index (χ2v) is 8.85. The van der Waals surface area contributed by atoms with E-state index >= 15 is 0 Å². The number of carbonyl (C=O) groups excluding carboxylic acids is 2. The van der Waals surface area contributed by atoms with Crippen molar-refractivity contribution in [1.29, 1.82) is 0 Å². The minimum Gasteiger partial charge on any atom is -0.444 e. The first-order chi connectivity index (χ1) is 14.6. The van der Waals surface area contributed by atoms with Crippen molar-refractivity contribution >= 4 is 11.9 Å². The normalized spacial score (nSPS) is 18.8. The minimum atomic E-state index is -0.644. The fraction of sp³-hybridized carbons (Fsp3) is 0.458. The highest BCUT2D eigenvalue weighted by atomic mass is 19.1. The van der Waals surface area contributed by atoms with Crippen molar-refractivity contribution in [2.24, 2.45) is 0 Å². The molecular weight excluding hydrogens is 399 g/mol. The van der Waals surface area contributed by atoms with E-state index in [4.69, 9.17) is 9.47 Å². The van der Waals surface area contributed by atoms with Crippen molar-refractivity contribution in [2.45, 2.75) is 57.8 Å². The third-order valence-electron chi connectivity index (χ3n) is 5.13. The molecule has 31 heavy (non-hydrogen) atoms. The number of amides is 1. The van der Waals surface area contributed by atoms with E-state index in [2.05, 4.69) is 4.98 Å². The molecule has 1 aromatic carbocycles. The Morgan fingerprint density at radius 2 is 1.97 bits per heavy atom. The van der Waals surface area contributed by atoms with Crippen LogP contribution in [0, 0.1) is 5.82 Å². The van der Waals surface area contributed by atoms with Crippen LogP contribution < -0.4 is 0 Å². The van der Waals surface area contributed by atoms with Crippen molar-refractivity contribution in [3.63, 3.8) is 0 Å². The quantitative estimate of drug-likeness (QED) is 0.697. The maximum absolute atomic E-state index is 13.4. The Morgan fingerprint density at radius 3 is 2.58 bits per heavy atom. The maximum Gasteiger partial charge on any atom is 0.410 e. The maximum atomic E-state index is 13.4. The molecule has 6 nitrogen and oxygen atoms in total. The average Bonchev–Trinajstić information content (AvgIpc) is 3.13. The molecule has 1 aliphatic heterocycles. The number of likely N-dealkylation sites (tertiary alicyclic amines) is 1. The van der Waals surface area contributed by atoms with Crippen LogP contribution in [0.25, 0.3) is 0 Å². The Balaban J connectivity index is 1.65. The van der Waals surface area contributed by atoms with E-state index in [1.54, 1.807) is 46.2 Å². The molecule has 1 aliphatic rings. The Morgan fingerprint density at radius 1 is 1.19 bits per heavy atom. The third kappa shape index (κ3) is 6.34. The molecule has 166 valence electrons. The lowest BCUT2D eigenvalue weighted by Gasteiger charge is -2.27. The number of halogens is 1. The van der Waals surface area contributed by atoms with Gasteiger partial charge in [0.15, 0.2) is 5.78 Å². The Hall–Kier alpha value is -2.80. The minimum absolute atomic E-state index is 0.101. The molecule has 1 amide bonds. The molecule has 3 rings (SSSR count). The van der Waals surface area contributed by atoms with Gasteiger partial charge in [-0.2, -0.15) is 0 Å². The van der Waals surface area contributed by atoms with Gasteiger partial charge in [0.1, 0.15) is 11.4 Å². The van der Waals surface area contributed by atoms with Crippen LogP contribution in [0.15, 0.2) is 42.6 Å². The predicted molar refractivity (Wildman–Crippen MR) is 114 cm³/mol. The second kappa shape index (κ2) is 9.56. The van der Waals surface area contributed by atoms with Crippen LogP contribution in [0.5, 0.6) is 0 Å². The molecule has 1 saturated heterocycles. The van der Waals surface area contributed by atoms with E-state index < -0.39 is 17.7 Å². The van der Waals surface area contributed by atoms with E-state index in [0.29, 0.717) is 25.1 Å². The number of carbonyl (C=O) groups is 2. The number of ether oxygens (including phenoxy) is 2. The summed E-state index contributed by atoms with van der Waals surface area (Å²) in [5, 5.41) is 0. The smallest absolute Gasteiger partial charge is 0.410 e. The van der Waals surface area contributed by atoms with E-state index in [1.807, 2.05) is 12.1 Å². The summed E-state index contributed by atoms with van der Waals surface area (Å²) >= 11 is 0. The number of rotatable bonds is 6. The van der Waals surface area contributed by atoms with E-state index in [9.17, 15) is 14.0 Å². The van der Waals surface area contributed by atoms with Gasteiger partial charge < -0.3 is 9.47 Å². The van der Waals surface area contributed by atoms with Crippen LogP contribution in [0.1, 0.15) is 44.0 Å². The van der Waals surface area contributed by atoms with Gasteiger partial charge in [0.05, 0.1) is 25.1 Å². The summed E-state index contributed by atoms with van der Waals surface area (Å²) in [6.45, 7) is 5.70. The highest BCUT2D eigenvalue weighted by Crippen LogP contribution is 2.24. The largest absolute Gasteiger partial charge is 0.444 e. The zero-order valence-corrected chi connectivity index (χ0v) is 18.4. The number of Topliss-reactive ketones (excluding diaryl/α,β-unsaturated/α-hetero) is 1. The molecule has 0 radical (unpaired) electrons. The van der Waals surface area contributed by atoms with Crippen molar-refractivity contribution < 1.29 is 23.5 Å². The highest BCUT2D eigenvalue weighted by molar-refractivity contribution is 5.89. The van der Waals surface area contributed by atoms with Gasteiger partial charge in [-0.25, -0.2) is 9.18 Å². The molecule has 0 spiro atoms. The summed E-state index contributed by atoms with van der Waals surface area (Å²) in [5.74, 6) is -0.371. The molecule has 1 aromatic heterocycles. The van der Waals surface area contributed by atoms with Crippen LogP contribution in [0.4, 0.5) is 9.18 Å². The van der Waals surface area contributed by atoms with Gasteiger partial charge in [-0.3, -0.25) is 14.7 Å². The van der Waals surface area contributed by atoms with Gasteiger partial charge in [-0.1, -0.05) is 18.2 Å². The first-order valence-corrected chi connectivity index (χ1v) is 10.4. The van der Waals surface area contributed by atoms with Crippen LogP contribution >= 0.6 is 0 Å². The zero-order chi connectivity index (χ0) is 22.6. The van der Waals surface area contributed by atoms with Gasteiger partial charge in [0.25, 0.3) is 0 Å². The molecular formula is C24H29FN2O4. The Bertz CT molecular complexity index is 924. The number of benzene rings is 1. The molecule has 2 heterocycles. The number of ketones is 1. The molecule has 7 heteroatoms. The molecule has 0 unspecified atom stereocenters. The van der Waals surface area contributed by atoms with Gasteiger partial charge >= 0.3 is 6.09 Å². The molecule has 0 aliphatic carbocycles. The lowest BCUT2D eigenvalue weighted by atomic mass is 10.0. The van der Waals surface area contributed by atoms with E-state index in [0.717, 1.165) is 11.1 Å². The van der Waals surface area contributed by atoms with E-state index in [1.165, 1.54) is 17.0 Å². The summed E-state index contributed by atoms with van der Waals surface area (Å²) in [6.07, 6.45) is 2.09. The fourth-order valence-electron chi connectivity index (χ4n) is 3.64. The van der Waals surface area contributed by atoms with Crippen LogP contribution in [-0.4, -0.2) is 53.2 Å². The summed E-state index contributed by atoms with van der Waals surface area (Å²) in [4.78, 5) is 31.4. The predicted octanol–water partition coefficient (Wildman–Crippen LogP) is 3.95. The molecule has 0 N–H and O–H groups in total. The van der Waals surface area contributed by atoms with Crippen molar-refractivity contribution in [1.82, 2.24) is 9.88 Å². The van der Waals surface area contributed by atoms with Gasteiger partial charge in [-0.15, -0.1) is 0 Å². The highest BCUT2D eigenvalue weighted by Gasteiger charge is 2.41. The number of nitrogens with zero attached hydrogens (tertiary/aromatic N) is 2. The molecule has 2 atom stereocenters. The summed E-state index contributed by atoms with van der Waals surface area (Å²) in [5.41, 5.74) is 1.76. The first-order valence-electron chi connectivity index (χ1n) is 10.4. The van der Waals surface area contributed by atoms with E-state index in [-0.39, 0.29) is 24.1 Å². The number of pyridine rings is 1. The average molecular weight is 429 g/mol. The second-order valence-electron chi connectivity index (χ2n) is 8.85. The third-order valence-corrected chi connectivity index (χ3v) is 5.13. The summed E-state index contributed by atoms with van der Waals surface area (Å²) < 4.78 is 24.2. The van der Waals surface area contributed by atoms with Gasteiger partial charge in [0.2, 0.25) is 0 Å². The SMILES string of the molecule is CO[C@H]1C[C@@H](C(=O)Cc2ccc(Cc3cccc(F)c3)cn2)N(C(=O)OC(C)(C)C)C1. The summed E-state index contributed by atoms with van der Waals surface area (Å²) in [6, 6.07) is 9.53. The van der Waals surface area contributed by atoms with Crippen LogP contribution in [-0.2, 0) is 27.1 Å². The molecule has 0 saturated carbocycles. The Labute approximate surface area is 182 Å². The van der Waals surface area contributed by atoms with Crippen LogP contribution in [0.2, 0.25) is 0 Å². The Kier molecular flexibility index (Phi) is 7.05. The van der Waals surface area contributed by atoms with Crippen molar-refractivity contribution in [2.75, 3.05) is 13.7 Å². The summed E-state index contributed by atoms with van der Waals surface area (Å²) in [7, 11) is 1.57. The van der Waals surface area contributed by atoms with Gasteiger partial charge in [-0.05, 0) is 56.5 Å². The van der Waals surface area contributed by atoms with Crippen molar-refractivity contribution in [3.05, 3.63) is 65.2 Å². The number of hydrogen-bond donors (Lipinski definition) is 0. The topological polar surface area (TPSA) is 68.7 Å². The number of methoxy groups -OCH3 is 1. The number of hydrogen-bond acceptors (Lipinski definition) is 5. The zero-order valence-electron chi connectivity index (χ0n) is 18.4. The molecule has 2 aromatic rings. The fourth-order valence-corrected chi connectivity index (χ4v) is 3.64. The molecule has 1 fully saturated rings.